The second-order valence-corrected chi connectivity index (χ2v) is 8.10. The number of carbonyl (C=O) groups is 1. The number of carbonyl (C=O) groups excluding carboxylic acids is 1. The van der Waals surface area contributed by atoms with E-state index in [4.69, 9.17) is 0 Å². The van der Waals surface area contributed by atoms with Gasteiger partial charge in [0.1, 0.15) is 0 Å². The van der Waals surface area contributed by atoms with Crippen LogP contribution < -0.4 is 10.2 Å². The van der Waals surface area contributed by atoms with Crippen LogP contribution in [-0.2, 0) is 0 Å². The Labute approximate surface area is 140 Å². The number of rotatable bonds is 1. The predicted octanol–water partition coefficient (Wildman–Crippen LogP) is 5.13. The highest BCUT2D eigenvalue weighted by atomic mass is 16.2. The summed E-state index contributed by atoms with van der Waals surface area (Å²) in [6, 6.07) is 6.96. The second-order valence-electron chi connectivity index (χ2n) is 8.10. The van der Waals surface area contributed by atoms with Crippen molar-refractivity contribution in [3.63, 3.8) is 0 Å². The van der Waals surface area contributed by atoms with E-state index in [1.165, 1.54) is 30.4 Å². The van der Waals surface area contributed by atoms with Gasteiger partial charge in [0.2, 0.25) is 0 Å². The molecule has 126 valence electrons. The Hall–Kier alpha value is -1.51. The van der Waals surface area contributed by atoms with E-state index in [0.29, 0.717) is 12.0 Å². The second kappa shape index (κ2) is 6.18. The lowest BCUT2D eigenvalue weighted by Gasteiger charge is -2.46. The summed E-state index contributed by atoms with van der Waals surface area (Å²) in [5, 5.41) is 3.31. The number of aryl methyl sites for hydroxylation is 1. The van der Waals surface area contributed by atoms with Crippen LogP contribution in [0.2, 0.25) is 0 Å². The molecule has 0 spiro atoms. The molecule has 1 saturated carbocycles. The molecule has 0 bridgehead atoms. The first kappa shape index (κ1) is 16.4. The van der Waals surface area contributed by atoms with Crippen molar-refractivity contribution in [1.82, 2.24) is 5.32 Å². The molecule has 1 atom stereocenters. The molecule has 1 aromatic rings. The molecule has 1 heterocycles. The molecule has 2 aliphatic rings. The molecule has 3 heteroatoms. The molecule has 3 rings (SSSR count). The average molecular weight is 314 g/mol. The van der Waals surface area contributed by atoms with Crippen LogP contribution >= 0.6 is 0 Å². The fourth-order valence-electron chi connectivity index (χ4n) is 4.41. The Morgan fingerprint density at radius 3 is 2.61 bits per heavy atom. The molecule has 23 heavy (non-hydrogen) atoms. The zero-order valence-electron chi connectivity index (χ0n) is 15.0. The van der Waals surface area contributed by atoms with Gasteiger partial charge in [-0.3, -0.25) is 4.90 Å². The van der Waals surface area contributed by atoms with Crippen molar-refractivity contribution in [2.75, 3.05) is 4.90 Å². The summed E-state index contributed by atoms with van der Waals surface area (Å²) in [6.07, 6.45) is 7.03. The van der Waals surface area contributed by atoms with Gasteiger partial charge in [0.25, 0.3) is 0 Å². The topological polar surface area (TPSA) is 32.3 Å². The highest BCUT2D eigenvalue weighted by molar-refractivity contribution is 5.95. The molecule has 1 N–H and O–H groups in total. The van der Waals surface area contributed by atoms with Crippen LogP contribution in [0.25, 0.3) is 0 Å². The Balaban J connectivity index is 1.90. The molecule has 0 radical (unpaired) electrons. The minimum atomic E-state index is -0.154. The SMILES string of the molecule is Cc1ccc2c(c1)N(C(=O)NC1CCCCC1)C(C)(C)C[C@@H]2C. The summed E-state index contributed by atoms with van der Waals surface area (Å²) in [7, 11) is 0. The molecule has 1 aliphatic heterocycles. The van der Waals surface area contributed by atoms with Crippen molar-refractivity contribution < 1.29 is 4.79 Å². The van der Waals surface area contributed by atoms with Crippen molar-refractivity contribution in [2.24, 2.45) is 0 Å². The van der Waals surface area contributed by atoms with Crippen molar-refractivity contribution in [2.45, 2.75) is 83.7 Å². The molecular weight excluding hydrogens is 284 g/mol. The molecule has 2 amide bonds. The summed E-state index contributed by atoms with van der Waals surface area (Å²) < 4.78 is 0. The van der Waals surface area contributed by atoms with Gasteiger partial charge in [-0.25, -0.2) is 4.79 Å². The zero-order valence-corrected chi connectivity index (χ0v) is 15.0. The van der Waals surface area contributed by atoms with Gasteiger partial charge in [-0.15, -0.1) is 0 Å². The van der Waals surface area contributed by atoms with Gasteiger partial charge >= 0.3 is 6.03 Å². The third-order valence-corrected chi connectivity index (χ3v) is 5.50. The Morgan fingerprint density at radius 1 is 1.22 bits per heavy atom. The molecule has 0 unspecified atom stereocenters. The van der Waals surface area contributed by atoms with E-state index in [0.717, 1.165) is 24.9 Å². The highest BCUT2D eigenvalue weighted by Gasteiger charge is 2.40. The number of urea groups is 1. The highest BCUT2D eigenvalue weighted by Crippen LogP contribution is 2.43. The molecule has 0 aromatic heterocycles. The molecule has 3 nitrogen and oxygen atoms in total. The summed E-state index contributed by atoms with van der Waals surface area (Å²) in [5.74, 6) is 0.485. The van der Waals surface area contributed by atoms with E-state index in [-0.39, 0.29) is 11.6 Å². The number of anilines is 1. The first-order chi connectivity index (χ1) is 10.9. The summed E-state index contributed by atoms with van der Waals surface area (Å²) in [6.45, 7) is 8.75. The van der Waals surface area contributed by atoms with Crippen molar-refractivity contribution in [1.29, 1.82) is 0 Å². The standard InChI is InChI=1S/C20H30N2O/c1-14-10-11-17-15(2)13-20(3,4)22(18(17)12-14)19(23)21-16-8-6-5-7-9-16/h10-12,15-16H,5-9,13H2,1-4H3,(H,21,23)/t15-/m0/s1. The van der Waals surface area contributed by atoms with Gasteiger partial charge in [0.15, 0.2) is 0 Å². The number of hydrogen-bond acceptors (Lipinski definition) is 1. The molecule has 0 saturated heterocycles. The Bertz CT molecular complexity index is 587. The van der Waals surface area contributed by atoms with Crippen LogP contribution in [-0.4, -0.2) is 17.6 Å². The summed E-state index contributed by atoms with van der Waals surface area (Å²) in [4.78, 5) is 15.1. The van der Waals surface area contributed by atoms with E-state index in [1.807, 2.05) is 4.90 Å². The van der Waals surface area contributed by atoms with Crippen molar-refractivity contribution >= 4 is 11.7 Å². The maximum atomic E-state index is 13.1. The third kappa shape index (κ3) is 3.24. The smallest absolute Gasteiger partial charge is 0.322 e. The van der Waals surface area contributed by atoms with Gasteiger partial charge in [0.05, 0.1) is 0 Å². The summed E-state index contributed by atoms with van der Waals surface area (Å²) >= 11 is 0. The van der Waals surface area contributed by atoms with Crippen molar-refractivity contribution in [3.8, 4) is 0 Å². The Kier molecular flexibility index (Phi) is 4.39. The number of fused-ring (bicyclic) bond motifs is 1. The van der Waals surface area contributed by atoms with Crippen LogP contribution in [0.15, 0.2) is 18.2 Å². The largest absolute Gasteiger partial charge is 0.335 e. The van der Waals surface area contributed by atoms with Gasteiger partial charge in [-0.05, 0) is 63.1 Å². The quantitative estimate of drug-likeness (QED) is 0.765. The van der Waals surface area contributed by atoms with Crippen LogP contribution in [0, 0.1) is 6.92 Å². The fraction of sp³-hybridized carbons (Fsp3) is 0.650. The zero-order chi connectivity index (χ0) is 16.6. The van der Waals surface area contributed by atoms with E-state index in [9.17, 15) is 4.79 Å². The summed E-state index contributed by atoms with van der Waals surface area (Å²) in [5.41, 5.74) is 3.46. The normalized spacial score (nSPS) is 24.2. The van der Waals surface area contributed by atoms with Crippen LogP contribution in [0.3, 0.4) is 0 Å². The minimum Gasteiger partial charge on any atom is -0.335 e. The van der Waals surface area contributed by atoms with Gasteiger partial charge in [-0.1, -0.05) is 38.3 Å². The van der Waals surface area contributed by atoms with E-state index in [1.54, 1.807) is 0 Å². The average Bonchev–Trinajstić information content (AvgIpc) is 2.46. The van der Waals surface area contributed by atoms with Gasteiger partial charge in [0, 0.05) is 17.3 Å². The maximum Gasteiger partial charge on any atom is 0.322 e. The number of hydrogen-bond donors (Lipinski definition) is 1. The number of nitrogens with one attached hydrogen (secondary N) is 1. The van der Waals surface area contributed by atoms with E-state index >= 15 is 0 Å². The van der Waals surface area contributed by atoms with Crippen molar-refractivity contribution in [3.05, 3.63) is 29.3 Å². The molecule has 1 aromatic carbocycles. The minimum absolute atomic E-state index is 0.0839. The maximum absolute atomic E-state index is 13.1. The number of amides is 2. The van der Waals surface area contributed by atoms with Gasteiger partial charge < -0.3 is 5.32 Å². The number of nitrogens with zero attached hydrogens (tertiary/aromatic N) is 1. The fourth-order valence-corrected chi connectivity index (χ4v) is 4.41. The monoisotopic (exact) mass is 314 g/mol. The first-order valence-corrected chi connectivity index (χ1v) is 9.10. The molecule has 1 aliphatic carbocycles. The third-order valence-electron chi connectivity index (χ3n) is 5.50. The van der Waals surface area contributed by atoms with Crippen LogP contribution in [0.5, 0.6) is 0 Å². The predicted molar refractivity (Wildman–Crippen MR) is 96.2 cm³/mol. The van der Waals surface area contributed by atoms with Crippen LogP contribution in [0.1, 0.15) is 76.3 Å². The van der Waals surface area contributed by atoms with Gasteiger partial charge in [-0.2, -0.15) is 0 Å². The molecular formula is C20H30N2O. The molecule has 1 fully saturated rings. The lowest BCUT2D eigenvalue weighted by Crippen LogP contribution is -2.57. The van der Waals surface area contributed by atoms with E-state index < -0.39 is 0 Å². The lowest BCUT2D eigenvalue weighted by molar-refractivity contribution is 0.228. The lowest BCUT2D eigenvalue weighted by atomic mass is 9.80. The van der Waals surface area contributed by atoms with Crippen LogP contribution in [0.4, 0.5) is 10.5 Å². The van der Waals surface area contributed by atoms with E-state index in [2.05, 4.69) is 51.2 Å². The Morgan fingerprint density at radius 2 is 1.91 bits per heavy atom. The number of benzene rings is 1. The first-order valence-electron chi connectivity index (χ1n) is 9.10.